The van der Waals surface area contributed by atoms with Gasteiger partial charge in [0, 0.05) is 17.2 Å². The SMILES string of the molecule is [C-]#[N+]CSCC(=O)NC1C(=O)N2C(C)=C(CSc3nn[nH]n3)CSC12. The molecule has 2 aliphatic rings. The number of hydrogen-bond acceptors (Lipinski definition) is 8. The van der Waals surface area contributed by atoms with E-state index in [1.807, 2.05) is 6.92 Å². The first-order chi connectivity index (χ1) is 12.1. The molecule has 0 aromatic carbocycles. The standard InChI is InChI=1S/C13H15N7O2S3/c1-7-8(4-25-13-16-18-19-17-13)3-24-12-10(11(22)20(7)12)15-9(21)5-23-6-14-2/h10,12H,3-6H2,1H3,(H,15,21)(H,16,17,18,19). The summed E-state index contributed by atoms with van der Waals surface area (Å²) in [6, 6.07) is -0.479. The third kappa shape index (κ3) is 3.94. The number of nitrogens with zero attached hydrogens (tertiary/aromatic N) is 5. The zero-order valence-electron chi connectivity index (χ0n) is 13.3. The molecule has 2 N–H and O–H groups in total. The second-order valence-electron chi connectivity index (χ2n) is 5.26. The van der Waals surface area contributed by atoms with Gasteiger partial charge in [-0.1, -0.05) is 23.5 Å². The summed E-state index contributed by atoms with van der Waals surface area (Å²) >= 11 is 4.36. The lowest BCUT2D eigenvalue weighted by molar-refractivity contribution is -0.145. The molecule has 2 aliphatic heterocycles. The van der Waals surface area contributed by atoms with Crippen molar-refractivity contribution in [3.8, 4) is 0 Å². The zero-order chi connectivity index (χ0) is 17.8. The minimum Gasteiger partial charge on any atom is -0.341 e. The number of rotatable bonds is 7. The number of carbonyl (C=O) groups excluding carboxylic acids is 2. The highest BCUT2D eigenvalue weighted by molar-refractivity contribution is 8.01. The Morgan fingerprint density at radius 2 is 2.44 bits per heavy atom. The topological polar surface area (TPSA) is 108 Å². The molecule has 2 unspecified atom stereocenters. The molecule has 1 aromatic heterocycles. The van der Waals surface area contributed by atoms with E-state index in [9.17, 15) is 9.59 Å². The van der Waals surface area contributed by atoms with Gasteiger partial charge < -0.3 is 10.2 Å². The number of nitrogens with one attached hydrogen (secondary N) is 2. The number of thioether (sulfide) groups is 3. The van der Waals surface area contributed by atoms with Crippen molar-refractivity contribution in [1.82, 2.24) is 30.8 Å². The van der Waals surface area contributed by atoms with Crippen molar-refractivity contribution in [2.24, 2.45) is 0 Å². The lowest BCUT2D eigenvalue weighted by Crippen LogP contribution is -2.69. The molecule has 25 heavy (non-hydrogen) atoms. The van der Waals surface area contributed by atoms with E-state index in [2.05, 4.69) is 30.8 Å². The number of amides is 2. The number of tetrazole rings is 1. The summed E-state index contributed by atoms with van der Waals surface area (Å²) in [4.78, 5) is 29.2. The van der Waals surface area contributed by atoms with E-state index >= 15 is 0 Å². The van der Waals surface area contributed by atoms with Crippen LogP contribution in [0.1, 0.15) is 6.92 Å². The van der Waals surface area contributed by atoms with E-state index in [0.717, 1.165) is 17.0 Å². The summed E-state index contributed by atoms with van der Waals surface area (Å²) in [5.74, 6) is 1.65. The van der Waals surface area contributed by atoms with Crippen LogP contribution < -0.4 is 5.32 Å². The Bertz CT molecular complexity index is 730. The van der Waals surface area contributed by atoms with Crippen molar-refractivity contribution in [2.75, 3.05) is 23.1 Å². The summed E-state index contributed by atoms with van der Waals surface area (Å²) in [6.07, 6.45) is 0. The molecular formula is C13H15N7O2S3. The average Bonchev–Trinajstić information content (AvgIpc) is 3.12. The van der Waals surface area contributed by atoms with Crippen molar-refractivity contribution in [2.45, 2.75) is 23.5 Å². The highest BCUT2D eigenvalue weighted by Crippen LogP contribution is 2.40. The smallest absolute Gasteiger partial charge is 0.260 e. The quantitative estimate of drug-likeness (QED) is 0.298. The Morgan fingerprint density at radius 3 is 3.16 bits per heavy atom. The van der Waals surface area contributed by atoms with Gasteiger partial charge in [-0.05, 0) is 17.7 Å². The average molecular weight is 398 g/mol. The molecule has 3 heterocycles. The lowest BCUT2D eigenvalue weighted by Gasteiger charge is -2.50. The minimum absolute atomic E-state index is 0.0544. The largest absolute Gasteiger partial charge is 0.341 e. The van der Waals surface area contributed by atoms with Crippen molar-refractivity contribution < 1.29 is 9.59 Å². The van der Waals surface area contributed by atoms with Gasteiger partial charge in [-0.25, -0.2) is 6.57 Å². The highest BCUT2D eigenvalue weighted by atomic mass is 32.2. The predicted molar refractivity (Wildman–Crippen MR) is 96.6 cm³/mol. The first-order valence-electron chi connectivity index (χ1n) is 7.31. The Hall–Kier alpha value is -1.71. The fraction of sp³-hybridized carbons (Fsp3) is 0.538. The maximum Gasteiger partial charge on any atom is 0.260 e. The highest BCUT2D eigenvalue weighted by Gasteiger charge is 2.51. The maximum absolute atomic E-state index is 12.4. The monoisotopic (exact) mass is 397 g/mol. The molecule has 0 aliphatic carbocycles. The number of aromatic nitrogens is 4. The van der Waals surface area contributed by atoms with Crippen LogP contribution in [0, 0.1) is 6.57 Å². The number of hydrogen-bond donors (Lipinski definition) is 2. The number of aromatic amines is 1. The van der Waals surface area contributed by atoms with Gasteiger partial charge in [0.25, 0.3) is 11.8 Å². The third-order valence-electron chi connectivity index (χ3n) is 3.75. The Kier molecular flexibility index (Phi) is 5.87. The fourth-order valence-corrected chi connectivity index (χ4v) is 5.37. The van der Waals surface area contributed by atoms with Crippen LogP contribution in [0.25, 0.3) is 4.85 Å². The predicted octanol–water partition coefficient (Wildman–Crippen LogP) is 0.576. The molecule has 2 atom stereocenters. The molecule has 132 valence electrons. The Morgan fingerprint density at radius 1 is 1.60 bits per heavy atom. The number of fused-ring (bicyclic) bond motifs is 1. The van der Waals surface area contributed by atoms with Crippen LogP contribution in [-0.2, 0) is 9.59 Å². The minimum atomic E-state index is -0.479. The molecule has 1 saturated heterocycles. The normalized spacial score (nSPS) is 22.2. The second kappa shape index (κ2) is 8.11. The van der Waals surface area contributed by atoms with Crippen LogP contribution in [0.15, 0.2) is 16.4 Å². The van der Waals surface area contributed by atoms with E-state index in [-0.39, 0.29) is 28.8 Å². The van der Waals surface area contributed by atoms with Gasteiger partial charge in [-0.2, -0.15) is 5.21 Å². The number of allylic oxidation sites excluding steroid dienone is 1. The third-order valence-corrected chi connectivity index (χ3v) is 6.79. The van der Waals surface area contributed by atoms with E-state index in [0.29, 0.717) is 10.9 Å². The molecule has 0 radical (unpaired) electrons. The molecule has 12 heteroatoms. The zero-order valence-corrected chi connectivity index (χ0v) is 15.7. The van der Waals surface area contributed by atoms with Gasteiger partial charge in [0.05, 0.1) is 5.75 Å². The lowest BCUT2D eigenvalue weighted by atomic mass is 10.0. The van der Waals surface area contributed by atoms with Crippen LogP contribution in [-0.4, -0.2) is 71.9 Å². The number of H-pyrrole nitrogens is 1. The molecule has 1 fully saturated rings. The summed E-state index contributed by atoms with van der Waals surface area (Å²) in [5.41, 5.74) is 2.10. The summed E-state index contributed by atoms with van der Waals surface area (Å²) in [5, 5.41) is 17.0. The molecule has 0 bridgehead atoms. The maximum atomic E-state index is 12.4. The van der Waals surface area contributed by atoms with Crippen molar-refractivity contribution >= 4 is 47.1 Å². The van der Waals surface area contributed by atoms with Crippen LogP contribution >= 0.6 is 35.3 Å². The summed E-state index contributed by atoms with van der Waals surface area (Å²) in [7, 11) is 0. The van der Waals surface area contributed by atoms with Crippen LogP contribution in [0.4, 0.5) is 0 Å². The summed E-state index contributed by atoms with van der Waals surface area (Å²) in [6.45, 7) is 8.63. The number of carbonyl (C=O) groups is 2. The van der Waals surface area contributed by atoms with Crippen molar-refractivity contribution in [3.63, 3.8) is 0 Å². The van der Waals surface area contributed by atoms with Gasteiger partial charge in [0.2, 0.25) is 11.1 Å². The molecule has 0 saturated carbocycles. The molecule has 3 rings (SSSR count). The van der Waals surface area contributed by atoms with Gasteiger partial charge in [0.15, 0.2) is 0 Å². The van der Waals surface area contributed by atoms with Gasteiger partial charge in [0.1, 0.15) is 11.4 Å². The Balaban J connectivity index is 1.55. The Labute approximate surface area is 156 Å². The van der Waals surface area contributed by atoms with Gasteiger partial charge in [-0.3, -0.25) is 14.5 Å². The van der Waals surface area contributed by atoms with Crippen molar-refractivity contribution in [1.29, 1.82) is 0 Å². The number of β-lactam (4-membered cyclic amide) rings is 1. The van der Waals surface area contributed by atoms with Crippen LogP contribution in [0.2, 0.25) is 0 Å². The van der Waals surface area contributed by atoms with E-state index in [1.54, 1.807) is 16.7 Å². The van der Waals surface area contributed by atoms with Crippen LogP contribution in [0.5, 0.6) is 0 Å². The molecule has 1 aromatic rings. The first kappa shape index (κ1) is 18.1. The molecular weight excluding hydrogens is 382 g/mol. The summed E-state index contributed by atoms with van der Waals surface area (Å²) < 4.78 is 0. The van der Waals surface area contributed by atoms with E-state index in [4.69, 9.17) is 6.57 Å². The van der Waals surface area contributed by atoms with Crippen LogP contribution in [0.3, 0.4) is 0 Å². The molecule has 0 spiro atoms. The molecule has 2 amide bonds. The van der Waals surface area contributed by atoms with Crippen molar-refractivity contribution in [3.05, 3.63) is 22.7 Å². The van der Waals surface area contributed by atoms with Gasteiger partial charge in [-0.15, -0.1) is 22.0 Å². The first-order valence-corrected chi connectivity index (χ1v) is 10.5. The fourth-order valence-electron chi connectivity index (χ4n) is 2.50. The molecule has 9 nitrogen and oxygen atoms in total. The van der Waals surface area contributed by atoms with Gasteiger partial charge >= 0.3 is 0 Å². The second-order valence-corrected chi connectivity index (χ2v) is 8.27. The van der Waals surface area contributed by atoms with E-state index < -0.39 is 6.04 Å². The van der Waals surface area contributed by atoms with E-state index in [1.165, 1.54) is 23.5 Å².